The molecule has 2 heteroatoms. The molecule has 1 heterocycles. The maximum atomic E-state index is 5.67. The lowest BCUT2D eigenvalue weighted by Crippen LogP contribution is -2.15. The van der Waals surface area contributed by atoms with Gasteiger partial charge >= 0.3 is 0 Å². The molecular weight excluding hydrogens is 354 g/mol. The Balaban J connectivity index is 1.42. The molecule has 2 aromatic rings. The summed E-state index contributed by atoms with van der Waals surface area (Å²) in [5.41, 5.74) is 3.58. The monoisotopic (exact) mass is 393 g/mol. The van der Waals surface area contributed by atoms with E-state index < -0.39 is 0 Å². The number of benzene rings is 1. The minimum atomic E-state index is 0.771. The maximum absolute atomic E-state index is 5.67. The number of hydrogen-bond acceptors (Lipinski definition) is 2. The van der Waals surface area contributed by atoms with Gasteiger partial charge < -0.3 is 4.74 Å². The average molecular weight is 394 g/mol. The molecule has 1 fully saturated rings. The summed E-state index contributed by atoms with van der Waals surface area (Å²) in [5, 5.41) is 0. The summed E-state index contributed by atoms with van der Waals surface area (Å²) in [6.45, 7) is 5.20. The number of unbranched alkanes of at least 4 members (excludes halogenated alkanes) is 2. The Kier molecular flexibility index (Phi) is 9.05. The first kappa shape index (κ1) is 21.9. The zero-order valence-electron chi connectivity index (χ0n) is 18.5. The van der Waals surface area contributed by atoms with Crippen molar-refractivity contribution in [3.05, 3.63) is 48.2 Å². The van der Waals surface area contributed by atoms with Crippen LogP contribution in [0.15, 0.2) is 42.6 Å². The van der Waals surface area contributed by atoms with Crippen LogP contribution in [0.1, 0.15) is 83.6 Å². The first-order chi connectivity index (χ1) is 14.3. The highest BCUT2D eigenvalue weighted by Crippen LogP contribution is 2.34. The zero-order valence-corrected chi connectivity index (χ0v) is 18.5. The van der Waals surface area contributed by atoms with E-state index in [9.17, 15) is 0 Å². The van der Waals surface area contributed by atoms with Crippen LogP contribution in [0, 0.1) is 11.8 Å². The predicted octanol–water partition coefficient (Wildman–Crippen LogP) is 7.86. The van der Waals surface area contributed by atoms with Gasteiger partial charge in [0.25, 0.3) is 0 Å². The van der Waals surface area contributed by atoms with E-state index in [1.165, 1.54) is 69.8 Å². The molecule has 0 spiro atoms. The number of aryl methyl sites for hydroxylation is 1. The van der Waals surface area contributed by atoms with Crippen LogP contribution in [-0.4, -0.2) is 11.6 Å². The van der Waals surface area contributed by atoms with Gasteiger partial charge in [-0.1, -0.05) is 71.3 Å². The Morgan fingerprint density at radius 3 is 2.17 bits per heavy atom. The first-order valence-electron chi connectivity index (χ1n) is 12.0. The van der Waals surface area contributed by atoms with Gasteiger partial charge in [0.2, 0.25) is 0 Å². The van der Waals surface area contributed by atoms with Crippen molar-refractivity contribution in [1.82, 2.24) is 4.98 Å². The van der Waals surface area contributed by atoms with Gasteiger partial charge in [-0.15, -0.1) is 0 Å². The minimum absolute atomic E-state index is 0.771. The number of pyridine rings is 1. The maximum Gasteiger partial charge on any atom is 0.119 e. The second-order valence-corrected chi connectivity index (χ2v) is 8.85. The van der Waals surface area contributed by atoms with Crippen molar-refractivity contribution in [1.29, 1.82) is 0 Å². The Morgan fingerprint density at radius 1 is 0.828 bits per heavy atom. The van der Waals surface area contributed by atoms with Gasteiger partial charge in [0.15, 0.2) is 0 Å². The molecule has 1 aromatic carbocycles. The average Bonchev–Trinajstić information content (AvgIpc) is 2.78. The Hall–Kier alpha value is -1.83. The lowest BCUT2D eigenvalue weighted by molar-refractivity contribution is 0.249. The Morgan fingerprint density at radius 2 is 1.55 bits per heavy atom. The van der Waals surface area contributed by atoms with Crippen LogP contribution < -0.4 is 4.74 Å². The molecule has 0 amide bonds. The number of hydrogen-bond donors (Lipinski definition) is 0. The van der Waals surface area contributed by atoms with Crippen molar-refractivity contribution >= 4 is 0 Å². The second-order valence-electron chi connectivity index (χ2n) is 8.85. The van der Waals surface area contributed by atoms with Gasteiger partial charge in [-0.25, -0.2) is 0 Å². The third-order valence-electron chi connectivity index (χ3n) is 6.47. The fourth-order valence-electron chi connectivity index (χ4n) is 4.55. The lowest BCUT2D eigenvalue weighted by atomic mass is 9.78. The van der Waals surface area contributed by atoms with Crippen LogP contribution in [-0.2, 0) is 6.42 Å². The molecule has 0 aliphatic heterocycles. The van der Waals surface area contributed by atoms with E-state index >= 15 is 0 Å². The van der Waals surface area contributed by atoms with Crippen LogP contribution in [0.25, 0.3) is 11.3 Å². The van der Waals surface area contributed by atoms with Crippen molar-refractivity contribution < 1.29 is 4.74 Å². The van der Waals surface area contributed by atoms with Crippen LogP contribution >= 0.6 is 0 Å². The van der Waals surface area contributed by atoms with Crippen molar-refractivity contribution in [2.24, 2.45) is 11.8 Å². The summed E-state index contributed by atoms with van der Waals surface area (Å²) < 4.78 is 5.67. The summed E-state index contributed by atoms with van der Waals surface area (Å²) in [6, 6.07) is 12.7. The summed E-state index contributed by atoms with van der Waals surface area (Å²) in [4.78, 5) is 4.72. The molecule has 0 unspecified atom stereocenters. The Labute approximate surface area is 178 Å². The molecule has 158 valence electrons. The molecule has 1 aliphatic carbocycles. The number of rotatable bonds is 11. The molecule has 0 atom stereocenters. The molecule has 0 N–H and O–H groups in total. The van der Waals surface area contributed by atoms with Crippen molar-refractivity contribution in [3.63, 3.8) is 0 Å². The molecule has 0 radical (unpaired) electrons. The largest absolute Gasteiger partial charge is 0.494 e. The topological polar surface area (TPSA) is 22.1 Å². The van der Waals surface area contributed by atoms with E-state index in [1.54, 1.807) is 0 Å². The van der Waals surface area contributed by atoms with Gasteiger partial charge in [0.05, 0.1) is 12.3 Å². The normalized spacial score (nSPS) is 19.2. The molecule has 29 heavy (non-hydrogen) atoms. The molecule has 1 saturated carbocycles. The molecular formula is C27H39NO. The van der Waals surface area contributed by atoms with Crippen LogP contribution in [0.5, 0.6) is 5.75 Å². The van der Waals surface area contributed by atoms with E-state index in [-0.39, 0.29) is 0 Å². The van der Waals surface area contributed by atoms with E-state index in [0.717, 1.165) is 41.9 Å². The predicted molar refractivity (Wildman–Crippen MR) is 123 cm³/mol. The first-order valence-corrected chi connectivity index (χ1v) is 12.0. The highest BCUT2D eigenvalue weighted by Gasteiger charge is 2.20. The second kappa shape index (κ2) is 12.0. The van der Waals surface area contributed by atoms with Gasteiger partial charge in [-0.3, -0.25) is 4.98 Å². The summed E-state index contributed by atoms with van der Waals surface area (Å²) in [6.07, 6.45) is 17.1. The van der Waals surface area contributed by atoms with Crippen molar-refractivity contribution in [2.45, 2.75) is 84.5 Å². The van der Waals surface area contributed by atoms with Crippen LogP contribution in [0.3, 0.4) is 0 Å². The van der Waals surface area contributed by atoms with Crippen LogP contribution in [0.2, 0.25) is 0 Å². The van der Waals surface area contributed by atoms with Gasteiger partial charge in [-0.2, -0.15) is 0 Å². The smallest absolute Gasteiger partial charge is 0.119 e. The van der Waals surface area contributed by atoms with Gasteiger partial charge in [0.1, 0.15) is 5.75 Å². The van der Waals surface area contributed by atoms with E-state index in [0.29, 0.717) is 0 Å². The molecule has 2 nitrogen and oxygen atoms in total. The number of ether oxygens (including phenoxy) is 1. The lowest BCUT2D eigenvalue weighted by Gasteiger charge is -2.28. The van der Waals surface area contributed by atoms with Crippen molar-refractivity contribution in [2.75, 3.05) is 6.61 Å². The standard InChI is InChI=1S/C27H39NO/c1-3-5-6-7-22-8-10-23(11-9-22)12-13-24-14-19-27(28-21-24)25-15-17-26(18-16-25)29-20-4-2/h14-19,21-23H,3-13,20H2,1-2H3. The molecule has 1 aliphatic rings. The quantitative estimate of drug-likeness (QED) is 0.362. The zero-order chi connectivity index (χ0) is 20.3. The number of aromatic nitrogens is 1. The highest BCUT2D eigenvalue weighted by molar-refractivity contribution is 5.60. The van der Waals surface area contributed by atoms with Gasteiger partial charge in [-0.05, 0) is 67.0 Å². The summed E-state index contributed by atoms with van der Waals surface area (Å²) >= 11 is 0. The summed E-state index contributed by atoms with van der Waals surface area (Å²) in [7, 11) is 0. The molecule has 0 bridgehead atoms. The SMILES string of the molecule is CCCCCC1CCC(CCc2ccc(-c3ccc(OCCC)cc3)nc2)CC1. The van der Waals surface area contributed by atoms with Crippen molar-refractivity contribution in [3.8, 4) is 17.0 Å². The van der Waals surface area contributed by atoms with E-state index in [2.05, 4.69) is 44.3 Å². The van der Waals surface area contributed by atoms with Gasteiger partial charge in [0, 0.05) is 11.8 Å². The Bertz CT molecular complexity index is 683. The van der Waals surface area contributed by atoms with E-state index in [4.69, 9.17) is 9.72 Å². The minimum Gasteiger partial charge on any atom is -0.494 e. The highest BCUT2D eigenvalue weighted by atomic mass is 16.5. The fourth-order valence-corrected chi connectivity index (χ4v) is 4.55. The fraction of sp³-hybridized carbons (Fsp3) is 0.593. The number of nitrogens with zero attached hydrogens (tertiary/aromatic N) is 1. The molecule has 0 saturated heterocycles. The molecule has 3 rings (SSSR count). The molecule has 1 aromatic heterocycles. The summed E-state index contributed by atoms with van der Waals surface area (Å²) in [5.74, 6) is 2.87. The third kappa shape index (κ3) is 7.17. The third-order valence-corrected chi connectivity index (χ3v) is 6.47. The van der Waals surface area contributed by atoms with E-state index in [1.807, 2.05) is 12.1 Å². The van der Waals surface area contributed by atoms with Crippen LogP contribution in [0.4, 0.5) is 0 Å².